The van der Waals surface area contributed by atoms with Crippen molar-refractivity contribution < 1.29 is 9.18 Å². The Morgan fingerprint density at radius 3 is 2.87 bits per heavy atom. The van der Waals surface area contributed by atoms with E-state index in [4.69, 9.17) is 0 Å². The van der Waals surface area contributed by atoms with E-state index >= 15 is 0 Å². The molecule has 7 nitrogen and oxygen atoms in total. The van der Waals surface area contributed by atoms with Crippen LogP contribution in [-0.4, -0.2) is 45.2 Å². The molecule has 156 valence electrons. The van der Waals surface area contributed by atoms with Crippen molar-refractivity contribution in [2.24, 2.45) is 0 Å². The standard InChI is InChI=1S/C22H25FN6O/c1-16-9-10-19(23)20(12-16)28-11-5-8-18(14-28)25-22(30)21(29-15-24-26-27-29)13-17-6-3-2-4-7-17/h2-4,6-7,9-10,12,15,18,21H,5,8,11,13-14H2,1H3,(H,25,30). The summed E-state index contributed by atoms with van der Waals surface area (Å²) in [7, 11) is 0. The van der Waals surface area contributed by atoms with Crippen LogP contribution in [0.25, 0.3) is 0 Å². The van der Waals surface area contributed by atoms with Gasteiger partial charge in [0.2, 0.25) is 5.91 Å². The number of rotatable bonds is 6. The molecule has 1 aliphatic heterocycles. The van der Waals surface area contributed by atoms with Crippen LogP contribution in [-0.2, 0) is 11.2 Å². The Balaban J connectivity index is 1.47. The Kier molecular flexibility index (Phi) is 6.02. The molecule has 1 fully saturated rings. The molecule has 2 aromatic carbocycles. The topological polar surface area (TPSA) is 75.9 Å². The lowest BCUT2D eigenvalue weighted by Crippen LogP contribution is -2.50. The number of tetrazole rings is 1. The Morgan fingerprint density at radius 2 is 2.10 bits per heavy atom. The lowest BCUT2D eigenvalue weighted by atomic mass is 10.0. The quantitative estimate of drug-likeness (QED) is 0.679. The van der Waals surface area contributed by atoms with Gasteiger partial charge in [-0.2, -0.15) is 0 Å². The number of carbonyl (C=O) groups excluding carboxylic acids is 1. The van der Waals surface area contributed by atoms with Gasteiger partial charge in [0.1, 0.15) is 18.2 Å². The smallest absolute Gasteiger partial charge is 0.245 e. The van der Waals surface area contributed by atoms with Crippen LogP contribution in [0, 0.1) is 12.7 Å². The molecule has 0 saturated carbocycles. The summed E-state index contributed by atoms with van der Waals surface area (Å²) in [6, 6.07) is 14.3. The summed E-state index contributed by atoms with van der Waals surface area (Å²) in [5, 5.41) is 14.5. The fraction of sp³-hybridized carbons (Fsp3) is 0.364. The predicted molar refractivity (Wildman–Crippen MR) is 112 cm³/mol. The van der Waals surface area contributed by atoms with Crippen LogP contribution in [0.2, 0.25) is 0 Å². The van der Waals surface area contributed by atoms with Gasteiger partial charge in [-0.25, -0.2) is 9.07 Å². The van der Waals surface area contributed by atoms with Crippen LogP contribution in [0.4, 0.5) is 10.1 Å². The fourth-order valence-electron chi connectivity index (χ4n) is 3.93. The maximum absolute atomic E-state index is 14.3. The van der Waals surface area contributed by atoms with Crippen molar-refractivity contribution >= 4 is 11.6 Å². The van der Waals surface area contributed by atoms with Crippen molar-refractivity contribution in [3.63, 3.8) is 0 Å². The highest BCUT2D eigenvalue weighted by molar-refractivity contribution is 5.81. The van der Waals surface area contributed by atoms with Gasteiger partial charge in [0.15, 0.2) is 0 Å². The van der Waals surface area contributed by atoms with Crippen LogP contribution < -0.4 is 10.2 Å². The maximum Gasteiger partial charge on any atom is 0.245 e. The zero-order chi connectivity index (χ0) is 20.9. The molecule has 0 bridgehead atoms. The first kappa shape index (κ1) is 20.0. The van der Waals surface area contributed by atoms with Gasteiger partial charge in [0.05, 0.1) is 5.69 Å². The number of nitrogens with zero attached hydrogens (tertiary/aromatic N) is 5. The molecule has 2 atom stereocenters. The van der Waals surface area contributed by atoms with Crippen LogP contribution in [0.1, 0.15) is 30.0 Å². The van der Waals surface area contributed by atoms with E-state index in [0.29, 0.717) is 18.7 Å². The van der Waals surface area contributed by atoms with Gasteiger partial charge in [-0.3, -0.25) is 4.79 Å². The number of nitrogens with one attached hydrogen (secondary N) is 1. The van der Waals surface area contributed by atoms with Gasteiger partial charge in [-0.05, 0) is 53.5 Å². The first-order chi connectivity index (χ1) is 14.6. The highest BCUT2D eigenvalue weighted by atomic mass is 19.1. The van der Waals surface area contributed by atoms with E-state index in [1.807, 2.05) is 48.2 Å². The molecule has 0 spiro atoms. The summed E-state index contributed by atoms with van der Waals surface area (Å²) in [6.45, 7) is 3.29. The number of benzene rings is 2. The lowest BCUT2D eigenvalue weighted by Gasteiger charge is -2.35. The Hall–Kier alpha value is -3.29. The molecule has 1 amide bonds. The maximum atomic E-state index is 14.3. The van der Waals surface area contributed by atoms with Crippen molar-refractivity contribution in [1.29, 1.82) is 0 Å². The van der Waals surface area contributed by atoms with E-state index in [0.717, 1.165) is 30.5 Å². The number of piperidine rings is 1. The summed E-state index contributed by atoms with van der Waals surface area (Å²) in [5.41, 5.74) is 2.63. The van der Waals surface area contributed by atoms with Crippen LogP contribution in [0.3, 0.4) is 0 Å². The Bertz CT molecular complexity index is 979. The molecule has 2 unspecified atom stereocenters. The number of amides is 1. The molecule has 1 aromatic heterocycles. The number of halogens is 1. The second-order valence-electron chi connectivity index (χ2n) is 7.74. The van der Waals surface area contributed by atoms with Crippen molar-refractivity contribution in [2.75, 3.05) is 18.0 Å². The molecule has 1 aliphatic rings. The summed E-state index contributed by atoms with van der Waals surface area (Å²) in [5.74, 6) is -0.370. The minimum absolute atomic E-state index is 0.0686. The number of carbonyl (C=O) groups is 1. The van der Waals surface area contributed by atoms with Gasteiger partial charge in [0.25, 0.3) is 0 Å². The van der Waals surface area contributed by atoms with Gasteiger partial charge in [-0.15, -0.1) is 5.10 Å². The minimum atomic E-state index is -0.548. The van der Waals surface area contributed by atoms with Crippen molar-refractivity contribution in [1.82, 2.24) is 25.5 Å². The van der Waals surface area contributed by atoms with Crippen LogP contribution in [0.5, 0.6) is 0 Å². The van der Waals surface area contributed by atoms with E-state index in [-0.39, 0.29) is 17.8 Å². The molecular formula is C22H25FN6O. The molecule has 0 aliphatic carbocycles. The largest absolute Gasteiger partial charge is 0.367 e. The molecule has 1 N–H and O–H groups in total. The zero-order valence-corrected chi connectivity index (χ0v) is 16.9. The third kappa shape index (κ3) is 4.64. The molecule has 3 aromatic rings. The van der Waals surface area contributed by atoms with E-state index in [1.54, 1.807) is 6.07 Å². The lowest BCUT2D eigenvalue weighted by molar-refractivity contribution is -0.125. The second-order valence-corrected chi connectivity index (χ2v) is 7.74. The number of anilines is 1. The van der Waals surface area contributed by atoms with Crippen molar-refractivity contribution in [2.45, 2.75) is 38.3 Å². The predicted octanol–water partition coefficient (Wildman–Crippen LogP) is 2.69. The number of hydrogen-bond donors (Lipinski definition) is 1. The second kappa shape index (κ2) is 9.02. The van der Waals surface area contributed by atoms with Gasteiger partial charge in [-0.1, -0.05) is 36.4 Å². The summed E-state index contributed by atoms with van der Waals surface area (Å²) in [4.78, 5) is 15.2. The molecule has 8 heteroatoms. The highest BCUT2D eigenvalue weighted by Crippen LogP contribution is 2.25. The van der Waals surface area contributed by atoms with Gasteiger partial charge in [0, 0.05) is 25.6 Å². The fourth-order valence-corrected chi connectivity index (χ4v) is 3.93. The summed E-state index contributed by atoms with van der Waals surface area (Å²) < 4.78 is 15.8. The van der Waals surface area contributed by atoms with E-state index in [9.17, 15) is 9.18 Å². The van der Waals surface area contributed by atoms with E-state index in [2.05, 4.69) is 20.8 Å². The molecule has 30 heavy (non-hydrogen) atoms. The zero-order valence-electron chi connectivity index (χ0n) is 16.9. The average molecular weight is 408 g/mol. The average Bonchev–Trinajstić information content (AvgIpc) is 3.29. The van der Waals surface area contributed by atoms with Crippen molar-refractivity contribution in [3.05, 3.63) is 71.8 Å². The molecular weight excluding hydrogens is 383 g/mol. The molecule has 4 rings (SSSR count). The molecule has 1 saturated heterocycles. The van der Waals surface area contributed by atoms with E-state index in [1.165, 1.54) is 17.1 Å². The number of hydrogen-bond acceptors (Lipinski definition) is 5. The molecule has 2 heterocycles. The normalized spacial score (nSPS) is 17.5. The Labute approximate surface area is 174 Å². The van der Waals surface area contributed by atoms with Crippen LogP contribution >= 0.6 is 0 Å². The summed E-state index contributed by atoms with van der Waals surface area (Å²) >= 11 is 0. The first-order valence-corrected chi connectivity index (χ1v) is 10.2. The number of aryl methyl sites for hydroxylation is 1. The molecule has 0 radical (unpaired) electrons. The summed E-state index contributed by atoms with van der Waals surface area (Å²) in [6.07, 6.45) is 3.68. The SMILES string of the molecule is Cc1ccc(F)c(N2CCCC(NC(=O)C(Cc3ccccc3)n3cnnn3)C2)c1. The third-order valence-electron chi connectivity index (χ3n) is 5.47. The minimum Gasteiger partial charge on any atom is -0.367 e. The van der Waals surface area contributed by atoms with Gasteiger partial charge < -0.3 is 10.2 Å². The monoisotopic (exact) mass is 408 g/mol. The first-order valence-electron chi connectivity index (χ1n) is 10.2. The third-order valence-corrected chi connectivity index (χ3v) is 5.47. The van der Waals surface area contributed by atoms with Gasteiger partial charge >= 0.3 is 0 Å². The Morgan fingerprint density at radius 1 is 1.27 bits per heavy atom. The number of aromatic nitrogens is 4. The van der Waals surface area contributed by atoms with Crippen LogP contribution in [0.15, 0.2) is 54.9 Å². The van der Waals surface area contributed by atoms with Crippen molar-refractivity contribution in [3.8, 4) is 0 Å². The van der Waals surface area contributed by atoms with E-state index < -0.39 is 6.04 Å². The highest BCUT2D eigenvalue weighted by Gasteiger charge is 2.28.